The first-order valence-corrected chi connectivity index (χ1v) is 47.8. The van der Waals surface area contributed by atoms with Crippen molar-refractivity contribution in [2.24, 2.45) is 0 Å². The van der Waals surface area contributed by atoms with Crippen molar-refractivity contribution in [1.29, 1.82) is 15.8 Å². The van der Waals surface area contributed by atoms with E-state index in [0.717, 1.165) is 60.9 Å². The van der Waals surface area contributed by atoms with Crippen LogP contribution in [0.5, 0.6) is 0 Å². The number of hydrogen-bond acceptors (Lipinski definition) is 13. The molecular weight excluding hydrogens is 2010 g/mol. The molecule has 0 bridgehead atoms. The Morgan fingerprint density at radius 1 is 0.248 bits per heavy atom. The smallest absolute Gasteiger partial charge is 0.307 e. The first kappa shape index (κ1) is 94.6. The summed E-state index contributed by atoms with van der Waals surface area (Å²) < 4.78 is 4.60. The molecule has 18 nitrogen and oxygen atoms in total. The SMILES string of the molecule is [C-]#[N+]c1nc2c(nc1C#N)c1nc(C#N)c(C#N)nc1c1nc([N+]#[C-])c([N+]#[C-])nc21.[Ir].[c-]1ccccc1-c1ccccn1.c1ccc(-c2ccc(C(c3ccc(-c4ccccc4)cc3)c3ccc(-c4ccc(C(c5ccc(-c6ccccc6)cc5)c5ccc(-c6ccccc6)cc5)cc4)cc3)cc2)cc1.c1ccc(-c2nc(-c3ccccc3)nc(-n3c4ccccc4c4ccc5c6ccccc6n(-c6ccccc6)c5c43)n2)cc1. The molecule has 1 radical (unpaired) electrons. The number of hydrogen-bond donors (Lipinski definition) is 0. The van der Waals surface area contributed by atoms with Gasteiger partial charge in [0.15, 0.2) is 28.7 Å². The summed E-state index contributed by atoms with van der Waals surface area (Å²) in [5.74, 6) is 1.14. The van der Waals surface area contributed by atoms with Crippen molar-refractivity contribution >= 4 is 94.2 Å². The molecule has 18 aromatic carbocycles. The van der Waals surface area contributed by atoms with Gasteiger partial charge < -0.3 is 24.1 Å². The van der Waals surface area contributed by atoms with Crippen LogP contribution in [0.3, 0.4) is 0 Å². The van der Waals surface area contributed by atoms with Gasteiger partial charge in [-0.05, 0) is 125 Å². The second kappa shape index (κ2) is 43.0. The van der Waals surface area contributed by atoms with Gasteiger partial charge in [-0.25, -0.2) is 19.9 Å². The molecule has 0 N–H and O–H groups in total. The van der Waals surface area contributed by atoms with E-state index in [4.69, 9.17) is 34.7 Å². The normalized spacial score (nSPS) is 10.8. The van der Waals surface area contributed by atoms with Crippen LogP contribution in [0.2, 0.25) is 0 Å². The summed E-state index contributed by atoms with van der Waals surface area (Å²) in [4.78, 5) is 53.9. The monoisotopic (exact) mass is 2080 g/mol. The molecule has 25 aromatic rings. The molecule has 0 saturated carbocycles. The Morgan fingerprint density at radius 3 is 0.866 bits per heavy atom. The predicted molar refractivity (Wildman–Crippen MR) is 588 cm³/mol. The predicted octanol–water partition coefficient (Wildman–Crippen LogP) is 31.1. The summed E-state index contributed by atoms with van der Waals surface area (Å²) in [6.07, 6.45) is 1.79. The third kappa shape index (κ3) is 19.3. The zero-order valence-electron chi connectivity index (χ0n) is 79.5. The number of aromatic nitrogens is 12. The summed E-state index contributed by atoms with van der Waals surface area (Å²) in [6, 6.07) is 172. The van der Waals surface area contributed by atoms with Crippen LogP contribution in [-0.2, 0) is 20.1 Å². The Bertz CT molecular complexity index is 8690. The first-order chi connectivity index (χ1) is 73.1. The average Bonchev–Trinajstić information content (AvgIpc) is 1.56. The molecule has 0 unspecified atom stereocenters. The summed E-state index contributed by atoms with van der Waals surface area (Å²) in [7, 11) is 0. The number of fused-ring (bicyclic) bond motifs is 13. The van der Waals surface area contributed by atoms with E-state index < -0.39 is 0 Å². The number of pyridine rings is 1. The molecule has 0 fully saturated rings. The standard InChI is InChI=1S/C62H46.C39H25N5.C18N12.C11H8N.Ir/c1-5-13-45(14-6-1)49-21-33-55(34-22-49)61(56-35-23-50(24-36-56)46-15-7-2-8-16-46)59-41-29-53(30-42-59)54-31-43-60(44-32-54)62(57-37-25-51(26-38-57)47-17-9-3-10-18-47)58-39-27-52(28-40-58)48-19-11-4-12-20-48;1-4-14-26(15-5-1)37-40-38(27-16-6-2-7-17-27)42-39(41-37)44-34-23-13-11-21-30(34)32-25-24-31-29-20-10-12-22-33(29)43(35(31)36(32)44)28-18-8-3-9-19-28;1-22-16-9(6-21)27-12-10-11(26-8(5-20)7(4-19)25-10)14-15(13(12)28-16)30-18(24-3)17(23-2)29-14;1-2-6-10(7-3-1)11-8-4-5-9-12-11;/h1-44,61-62H;1-25H;;1-6,8-9H;/q;;;-1;. The largest absolute Gasteiger partial charge is 0.370 e. The maximum absolute atomic E-state index is 9.30. The van der Waals surface area contributed by atoms with E-state index >= 15 is 0 Å². The minimum absolute atomic E-state index is 0. The van der Waals surface area contributed by atoms with Crippen molar-refractivity contribution in [2.75, 3.05) is 0 Å². The number of nitriles is 3. The molecular formula is C130H79IrN18-. The zero-order chi connectivity index (χ0) is 100. The van der Waals surface area contributed by atoms with E-state index in [0.29, 0.717) is 17.6 Å². The summed E-state index contributed by atoms with van der Waals surface area (Å²) in [5.41, 5.74) is 28.4. The minimum atomic E-state index is -0.298. The van der Waals surface area contributed by atoms with Crippen LogP contribution >= 0.6 is 0 Å². The van der Waals surface area contributed by atoms with Crippen LogP contribution in [0, 0.1) is 59.8 Å². The second-order valence-corrected chi connectivity index (χ2v) is 34.9. The van der Waals surface area contributed by atoms with Gasteiger partial charge in [0.1, 0.15) is 34.8 Å². The van der Waals surface area contributed by atoms with Crippen LogP contribution in [0.15, 0.2) is 467 Å². The summed E-state index contributed by atoms with van der Waals surface area (Å²) in [5, 5.41) is 32.6. The van der Waals surface area contributed by atoms with Crippen molar-refractivity contribution in [1.82, 2.24) is 59.0 Å². The molecule has 25 rings (SSSR count). The topological polar surface area (TPSA) is 223 Å². The molecule has 0 amide bonds. The summed E-state index contributed by atoms with van der Waals surface area (Å²) in [6.45, 7) is 21.7. The van der Waals surface area contributed by atoms with Gasteiger partial charge in [0.05, 0.1) is 22.1 Å². The number of rotatable bonds is 16. The Hall–Kier alpha value is -20.7. The average molecular weight is 2090 g/mol. The van der Waals surface area contributed by atoms with E-state index in [-0.39, 0.29) is 99.6 Å². The molecule has 699 valence electrons. The van der Waals surface area contributed by atoms with Gasteiger partial charge in [0, 0.05) is 76.5 Å². The molecule has 0 atom stereocenters. The Kier molecular flexibility index (Phi) is 27.3. The minimum Gasteiger partial charge on any atom is -0.370 e. The van der Waals surface area contributed by atoms with Gasteiger partial charge in [0.25, 0.3) is 17.2 Å². The van der Waals surface area contributed by atoms with Crippen LogP contribution in [0.4, 0.5) is 17.5 Å². The molecule has 7 aromatic heterocycles. The van der Waals surface area contributed by atoms with Crippen molar-refractivity contribution in [3.8, 4) is 120 Å². The van der Waals surface area contributed by atoms with E-state index in [1.165, 1.54) is 99.8 Å². The van der Waals surface area contributed by atoms with Gasteiger partial charge in [-0.15, -0.1) is 50.8 Å². The summed E-state index contributed by atoms with van der Waals surface area (Å²) >= 11 is 0. The van der Waals surface area contributed by atoms with Crippen molar-refractivity contribution in [3.63, 3.8) is 0 Å². The van der Waals surface area contributed by atoms with E-state index in [9.17, 15) is 15.8 Å². The van der Waals surface area contributed by atoms with E-state index in [2.05, 4.69) is 423 Å². The Morgan fingerprint density at radius 2 is 0.537 bits per heavy atom. The number of nitrogens with zero attached hydrogens (tertiary/aromatic N) is 18. The van der Waals surface area contributed by atoms with Gasteiger partial charge >= 0.3 is 5.82 Å². The zero-order valence-corrected chi connectivity index (χ0v) is 81.9. The van der Waals surface area contributed by atoms with Crippen molar-refractivity contribution in [3.05, 3.63) is 558 Å². The molecule has 149 heavy (non-hydrogen) atoms. The molecule has 0 aliphatic carbocycles. The van der Waals surface area contributed by atoms with Crippen molar-refractivity contribution < 1.29 is 20.1 Å². The molecule has 0 aliphatic rings. The third-order valence-electron chi connectivity index (χ3n) is 26.2. The van der Waals surface area contributed by atoms with Gasteiger partial charge in [-0.3, -0.25) is 4.57 Å². The second-order valence-electron chi connectivity index (χ2n) is 34.9. The molecule has 0 saturated heterocycles. The van der Waals surface area contributed by atoms with E-state index in [1.807, 2.05) is 103 Å². The fraction of sp³-hybridized carbons (Fsp3) is 0.0154. The molecule has 0 aliphatic heterocycles. The molecule has 19 heteroatoms. The quantitative estimate of drug-likeness (QED) is 0.0499. The van der Waals surface area contributed by atoms with E-state index in [1.54, 1.807) is 24.4 Å². The van der Waals surface area contributed by atoms with Crippen LogP contribution in [-0.4, -0.2) is 59.0 Å². The Labute approximate surface area is 872 Å². The molecule has 7 heterocycles. The fourth-order valence-electron chi connectivity index (χ4n) is 19.1. The van der Waals surface area contributed by atoms with Crippen molar-refractivity contribution in [2.45, 2.75) is 11.8 Å². The van der Waals surface area contributed by atoms with Gasteiger partial charge in [0.2, 0.25) is 17.0 Å². The molecule has 0 spiro atoms. The fourth-order valence-corrected chi connectivity index (χ4v) is 19.1. The van der Waals surface area contributed by atoms with Crippen LogP contribution < -0.4 is 0 Å². The van der Waals surface area contributed by atoms with Crippen LogP contribution in [0.1, 0.15) is 62.3 Å². The Balaban J connectivity index is 0.000000129. The number of benzene rings is 18. The number of para-hydroxylation sites is 3. The third-order valence-corrected chi connectivity index (χ3v) is 26.2. The maximum Gasteiger partial charge on any atom is 0.307 e. The van der Waals surface area contributed by atoms with Gasteiger partial charge in [-0.1, -0.05) is 426 Å². The maximum atomic E-state index is 9.30. The first-order valence-electron chi connectivity index (χ1n) is 47.8. The van der Waals surface area contributed by atoms with Crippen LogP contribution in [0.25, 0.3) is 193 Å². The van der Waals surface area contributed by atoms with Gasteiger partial charge in [-0.2, -0.15) is 25.8 Å².